The summed E-state index contributed by atoms with van der Waals surface area (Å²) < 4.78 is 6.19. The fourth-order valence-corrected chi connectivity index (χ4v) is 3.02. The van der Waals surface area contributed by atoms with Crippen LogP contribution in [0.15, 0.2) is 24.3 Å². The molecular formula is C16H24ClNO. The summed E-state index contributed by atoms with van der Waals surface area (Å²) in [6.45, 7) is 7.76. The van der Waals surface area contributed by atoms with Crippen molar-refractivity contribution in [3.05, 3.63) is 29.3 Å². The molecule has 0 aliphatic heterocycles. The molecule has 1 N–H and O–H groups in total. The van der Waals surface area contributed by atoms with E-state index in [1.807, 2.05) is 24.3 Å². The lowest BCUT2D eigenvalue weighted by Crippen LogP contribution is -2.49. The molecule has 2 unspecified atom stereocenters. The highest BCUT2D eigenvalue weighted by molar-refractivity contribution is 6.32. The Morgan fingerprint density at radius 3 is 2.79 bits per heavy atom. The topological polar surface area (TPSA) is 21.3 Å². The SMILES string of the molecule is CCNC1CCC(C)(C)CC1Oc1ccccc1Cl. The second-order valence-corrected chi connectivity index (χ2v) is 6.57. The van der Waals surface area contributed by atoms with Gasteiger partial charge in [-0.25, -0.2) is 0 Å². The minimum absolute atomic E-state index is 0.198. The maximum absolute atomic E-state index is 6.19. The molecule has 1 aromatic rings. The lowest BCUT2D eigenvalue weighted by molar-refractivity contribution is 0.0537. The Balaban J connectivity index is 2.11. The van der Waals surface area contributed by atoms with Gasteiger partial charge in [0.1, 0.15) is 11.9 Å². The third kappa shape index (κ3) is 3.87. The van der Waals surface area contributed by atoms with E-state index in [4.69, 9.17) is 16.3 Å². The molecular weight excluding hydrogens is 258 g/mol. The number of para-hydroxylation sites is 1. The molecule has 1 aromatic carbocycles. The molecule has 0 amide bonds. The van der Waals surface area contributed by atoms with E-state index in [1.54, 1.807) is 0 Å². The van der Waals surface area contributed by atoms with E-state index >= 15 is 0 Å². The van der Waals surface area contributed by atoms with E-state index in [-0.39, 0.29) is 6.10 Å². The van der Waals surface area contributed by atoms with Crippen molar-refractivity contribution in [2.24, 2.45) is 5.41 Å². The van der Waals surface area contributed by atoms with Crippen LogP contribution < -0.4 is 10.1 Å². The molecule has 0 bridgehead atoms. The molecule has 1 fully saturated rings. The predicted octanol–water partition coefficient (Wildman–Crippen LogP) is 4.28. The van der Waals surface area contributed by atoms with Gasteiger partial charge in [0.15, 0.2) is 0 Å². The van der Waals surface area contributed by atoms with Crippen LogP contribution in [0.5, 0.6) is 5.75 Å². The van der Waals surface area contributed by atoms with Crippen LogP contribution in [0.1, 0.15) is 40.0 Å². The molecule has 0 aromatic heterocycles. The van der Waals surface area contributed by atoms with Crippen LogP contribution in [0.2, 0.25) is 5.02 Å². The molecule has 1 aliphatic rings. The minimum Gasteiger partial charge on any atom is -0.487 e. The van der Waals surface area contributed by atoms with Crippen LogP contribution >= 0.6 is 11.6 Å². The summed E-state index contributed by atoms with van der Waals surface area (Å²) in [5.74, 6) is 0.801. The molecule has 106 valence electrons. The Morgan fingerprint density at radius 1 is 1.37 bits per heavy atom. The zero-order valence-electron chi connectivity index (χ0n) is 12.1. The standard InChI is InChI=1S/C16H24ClNO/c1-4-18-13-9-10-16(2,3)11-15(13)19-14-8-6-5-7-12(14)17/h5-8,13,15,18H,4,9-11H2,1-3H3. The van der Waals surface area contributed by atoms with Crippen LogP contribution in [-0.4, -0.2) is 18.7 Å². The van der Waals surface area contributed by atoms with Crippen molar-refractivity contribution in [3.63, 3.8) is 0 Å². The molecule has 3 heteroatoms. The first-order valence-electron chi connectivity index (χ1n) is 7.16. The van der Waals surface area contributed by atoms with Crippen LogP contribution in [0.4, 0.5) is 0 Å². The number of hydrogen-bond donors (Lipinski definition) is 1. The van der Waals surface area contributed by atoms with Gasteiger partial charge in [0.05, 0.1) is 5.02 Å². The van der Waals surface area contributed by atoms with Gasteiger partial charge >= 0.3 is 0 Å². The summed E-state index contributed by atoms with van der Waals surface area (Å²) in [7, 11) is 0. The first-order chi connectivity index (χ1) is 9.02. The Morgan fingerprint density at radius 2 is 2.11 bits per heavy atom. The van der Waals surface area contributed by atoms with E-state index in [1.165, 1.54) is 6.42 Å². The number of ether oxygens (including phenoxy) is 1. The number of hydrogen-bond acceptors (Lipinski definition) is 2. The van der Waals surface area contributed by atoms with Gasteiger partial charge in [-0.2, -0.15) is 0 Å². The van der Waals surface area contributed by atoms with Gasteiger partial charge < -0.3 is 10.1 Å². The summed E-state index contributed by atoms with van der Waals surface area (Å²) in [4.78, 5) is 0. The molecule has 1 aliphatic carbocycles. The molecule has 19 heavy (non-hydrogen) atoms. The first-order valence-corrected chi connectivity index (χ1v) is 7.54. The number of nitrogens with one attached hydrogen (secondary N) is 1. The van der Waals surface area contributed by atoms with Crippen LogP contribution in [0.25, 0.3) is 0 Å². The van der Waals surface area contributed by atoms with E-state index in [9.17, 15) is 0 Å². The highest BCUT2D eigenvalue weighted by Gasteiger charge is 2.36. The second kappa shape index (κ2) is 6.15. The van der Waals surface area contributed by atoms with Gasteiger partial charge in [-0.15, -0.1) is 0 Å². The third-order valence-electron chi connectivity index (χ3n) is 3.92. The molecule has 0 radical (unpaired) electrons. The van der Waals surface area contributed by atoms with Gasteiger partial charge in [-0.1, -0.05) is 44.5 Å². The molecule has 2 rings (SSSR count). The number of likely N-dealkylation sites (N-methyl/N-ethyl adjacent to an activating group) is 1. The van der Waals surface area contributed by atoms with Crippen LogP contribution in [-0.2, 0) is 0 Å². The Hall–Kier alpha value is -0.730. The number of rotatable bonds is 4. The van der Waals surface area contributed by atoms with Gasteiger partial charge in [-0.05, 0) is 43.4 Å². The third-order valence-corrected chi connectivity index (χ3v) is 4.23. The summed E-state index contributed by atoms with van der Waals surface area (Å²) in [5, 5.41) is 4.24. The quantitative estimate of drug-likeness (QED) is 0.890. The fraction of sp³-hybridized carbons (Fsp3) is 0.625. The summed E-state index contributed by atoms with van der Waals surface area (Å²) in [5.41, 5.74) is 0.345. The van der Waals surface area contributed by atoms with Crippen LogP contribution in [0, 0.1) is 5.41 Å². The Labute approximate surface area is 121 Å². The summed E-state index contributed by atoms with van der Waals surface area (Å²) in [6.07, 6.45) is 3.67. The van der Waals surface area contributed by atoms with Crippen molar-refractivity contribution in [3.8, 4) is 5.75 Å². The van der Waals surface area contributed by atoms with Gasteiger partial charge in [0, 0.05) is 6.04 Å². The largest absolute Gasteiger partial charge is 0.487 e. The zero-order chi connectivity index (χ0) is 13.9. The Kier molecular flexibility index (Phi) is 4.75. The molecule has 2 atom stereocenters. The van der Waals surface area contributed by atoms with Crippen molar-refractivity contribution in [1.82, 2.24) is 5.32 Å². The summed E-state index contributed by atoms with van der Waals surface area (Å²) in [6, 6.07) is 8.16. The van der Waals surface area contributed by atoms with E-state index < -0.39 is 0 Å². The average Bonchev–Trinajstić information content (AvgIpc) is 2.35. The van der Waals surface area contributed by atoms with Gasteiger partial charge in [0.25, 0.3) is 0 Å². The first kappa shape index (κ1) is 14.7. The normalized spacial score (nSPS) is 26.1. The smallest absolute Gasteiger partial charge is 0.138 e. The maximum Gasteiger partial charge on any atom is 0.138 e. The van der Waals surface area contributed by atoms with Crippen molar-refractivity contribution < 1.29 is 4.74 Å². The number of benzene rings is 1. The Bertz CT molecular complexity index is 419. The second-order valence-electron chi connectivity index (χ2n) is 6.16. The van der Waals surface area contributed by atoms with Crippen LogP contribution in [0.3, 0.4) is 0 Å². The van der Waals surface area contributed by atoms with Crippen molar-refractivity contribution in [1.29, 1.82) is 0 Å². The maximum atomic E-state index is 6.19. The highest BCUT2D eigenvalue weighted by Crippen LogP contribution is 2.38. The van der Waals surface area contributed by atoms with Gasteiger partial charge in [0.2, 0.25) is 0 Å². The number of halogens is 1. The molecule has 1 saturated carbocycles. The molecule has 2 nitrogen and oxygen atoms in total. The lowest BCUT2D eigenvalue weighted by Gasteiger charge is -2.41. The predicted molar refractivity (Wildman–Crippen MR) is 81.0 cm³/mol. The average molecular weight is 282 g/mol. The molecule has 0 spiro atoms. The van der Waals surface area contributed by atoms with Gasteiger partial charge in [-0.3, -0.25) is 0 Å². The van der Waals surface area contributed by atoms with Crippen molar-refractivity contribution in [2.45, 2.75) is 52.2 Å². The zero-order valence-corrected chi connectivity index (χ0v) is 12.8. The van der Waals surface area contributed by atoms with E-state index in [2.05, 4.69) is 26.1 Å². The minimum atomic E-state index is 0.198. The summed E-state index contributed by atoms with van der Waals surface area (Å²) >= 11 is 6.19. The highest BCUT2D eigenvalue weighted by atomic mass is 35.5. The van der Waals surface area contributed by atoms with E-state index in [0.717, 1.165) is 25.1 Å². The monoisotopic (exact) mass is 281 g/mol. The van der Waals surface area contributed by atoms with Crippen molar-refractivity contribution >= 4 is 11.6 Å². The van der Waals surface area contributed by atoms with Crippen molar-refractivity contribution in [2.75, 3.05) is 6.54 Å². The molecule has 0 saturated heterocycles. The van der Waals surface area contributed by atoms with E-state index in [0.29, 0.717) is 16.5 Å². The molecule has 0 heterocycles. The lowest BCUT2D eigenvalue weighted by atomic mass is 9.74. The fourth-order valence-electron chi connectivity index (χ4n) is 2.84.